The Morgan fingerprint density at radius 2 is 2.00 bits per heavy atom. The van der Waals surface area contributed by atoms with Crippen molar-refractivity contribution in [3.63, 3.8) is 0 Å². The van der Waals surface area contributed by atoms with Crippen LogP contribution in [0.2, 0.25) is 0 Å². The predicted octanol–water partition coefficient (Wildman–Crippen LogP) is 3.07. The third-order valence-corrected chi connectivity index (χ3v) is 3.16. The third kappa shape index (κ3) is 3.21. The van der Waals surface area contributed by atoms with Gasteiger partial charge in [0.1, 0.15) is 11.5 Å². The highest BCUT2D eigenvalue weighted by Gasteiger charge is 2.19. The number of nitrogens with zero attached hydrogens (tertiary/aromatic N) is 2. The summed E-state index contributed by atoms with van der Waals surface area (Å²) in [6.07, 6.45) is 1.21. The van der Waals surface area contributed by atoms with Crippen LogP contribution in [0.3, 0.4) is 0 Å². The van der Waals surface area contributed by atoms with Crippen LogP contribution in [0.4, 0.5) is 8.78 Å². The standard InChI is InChI=1S/C15H18F2N2O2/c1-3-12-15(13(4-2)19(18-12)7-8-20)21-14-9-10(16)5-6-11(14)17/h5-6,9,20H,3-4,7-8H2,1-2H3. The molecule has 4 nitrogen and oxygen atoms in total. The van der Waals surface area contributed by atoms with Gasteiger partial charge >= 0.3 is 0 Å². The number of aliphatic hydroxyl groups is 1. The Morgan fingerprint density at radius 1 is 1.24 bits per heavy atom. The van der Waals surface area contributed by atoms with Gasteiger partial charge in [-0.25, -0.2) is 8.78 Å². The van der Waals surface area contributed by atoms with E-state index in [9.17, 15) is 8.78 Å². The number of hydrogen-bond donors (Lipinski definition) is 1. The molecule has 0 saturated carbocycles. The highest BCUT2D eigenvalue weighted by atomic mass is 19.1. The van der Waals surface area contributed by atoms with Crippen LogP contribution in [0.25, 0.3) is 0 Å². The number of aryl methyl sites for hydroxylation is 1. The van der Waals surface area contributed by atoms with Crippen LogP contribution in [-0.2, 0) is 19.4 Å². The minimum Gasteiger partial charge on any atom is -0.450 e. The van der Waals surface area contributed by atoms with Crippen molar-refractivity contribution in [3.05, 3.63) is 41.2 Å². The molecule has 1 aromatic carbocycles. The highest BCUT2D eigenvalue weighted by Crippen LogP contribution is 2.32. The molecule has 0 aliphatic heterocycles. The monoisotopic (exact) mass is 296 g/mol. The summed E-state index contributed by atoms with van der Waals surface area (Å²) in [6, 6.07) is 3.08. The lowest BCUT2D eigenvalue weighted by Gasteiger charge is -2.09. The van der Waals surface area contributed by atoms with Gasteiger partial charge in [0, 0.05) is 6.07 Å². The van der Waals surface area contributed by atoms with E-state index in [1.165, 1.54) is 0 Å². The SMILES string of the molecule is CCc1nn(CCO)c(CC)c1Oc1cc(F)ccc1F. The van der Waals surface area contributed by atoms with Gasteiger partial charge in [-0.15, -0.1) is 0 Å². The van der Waals surface area contributed by atoms with Crippen LogP contribution in [0, 0.1) is 11.6 Å². The average molecular weight is 296 g/mol. The summed E-state index contributed by atoms with van der Waals surface area (Å²) in [4.78, 5) is 0. The molecule has 0 aliphatic rings. The van der Waals surface area contributed by atoms with E-state index in [1.54, 1.807) is 4.68 Å². The first-order chi connectivity index (χ1) is 10.1. The van der Waals surface area contributed by atoms with Gasteiger partial charge in [-0.1, -0.05) is 13.8 Å². The highest BCUT2D eigenvalue weighted by molar-refractivity contribution is 5.39. The minimum absolute atomic E-state index is 0.0500. The van der Waals surface area contributed by atoms with Crippen molar-refractivity contribution < 1.29 is 18.6 Å². The molecule has 6 heteroatoms. The molecule has 0 atom stereocenters. The van der Waals surface area contributed by atoms with Crippen molar-refractivity contribution in [2.75, 3.05) is 6.61 Å². The van der Waals surface area contributed by atoms with E-state index >= 15 is 0 Å². The van der Waals surface area contributed by atoms with Gasteiger partial charge in [-0.05, 0) is 25.0 Å². The van der Waals surface area contributed by atoms with Crippen LogP contribution in [0.15, 0.2) is 18.2 Å². The van der Waals surface area contributed by atoms with Crippen molar-refractivity contribution in [1.82, 2.24) is 9.78 Å². The molecule has 0 aliphatic carbocycles. The topological polar surface area (TPSA) is 47.3 Å². The van der Waals surface area contributed by atoms with Crippen molar-refractivity contribution in [3.8, 4) is 11.5 Å². The summed E-state index contributed by atoms with van der Waals surface area (Å²) in [6.45, 7) is 4.11. The lowest BCUT2D eigenvalue weighted by Crippen LogP contribution is -2.08. The van der Waals surface area contributed by atoms with Crippen LogP contribution >= 0.6 is 0 Å². The molecule has 21 heavy (non-hydrogen) atoms. The molecule has 0 spiro atoms. The van der Waals surface area contributed by atoms with E-state index in [1.807, 2.05) is 13.8 Å². The Balaban J connectivity index is 2.44. The quantitative estimate of drug-likeness (QED) is 0.891. The summed E-state index contributed by atoms with van der Waals surface area (Å²) in [7, 11) is 0. The summed E-state index contributed by atoms with van der Waals surface area (Å²) < 4.78 is 34.2. The van der Waals surface area contributed by atoms with Crippen LogP contribution < -0.4 is 4.74 Å². The van der Waals surface area contributed by atoms with E-state index in [0.29, 0.717) is 30.8 Å². The normalized spacial score (nSPS) is 10.9. The van der Waals surface area contributed by atoms with Gasteiger partial charge < -0.3 is 9.84 Å². The largest absolute Gasteiger partial charge is 0.450 e. The first-order valence-corrected chi connectivity index (χ1v) is 6.93. The molecule has 0 unspecified atom stereocenters. The van der Waals surface area contributed by atoms with Gasteiger partial charge in [0.05, 0.1) is 18.8 Å². The zero-order chi connectivity index (χ0) is 15.4. The Labute approximate surface area is 122 Å². The van der Waals surface area contributed by atoms with E-state index in [0.717, 1.165) is 23.9 Å². The summed E-state index contributed by atoms with van der Waals surface area (Å²) >= 11 is 0. The second-order valence-corrected chi connectivity index (χ2v) is 4.55. The van der Waals surface area contributed by atoms with E-state index < -0.39 is 11.6 Å². The van der Waals surface area contributed by atoms with E-state index in [2.05, 4.69) is 5.10 Å². The molecule has 1 heterocycles. The smallest absolute Gasteiger partial charge is 0.171 e. The van der Waals surface area contributed by atoms with Crippen molar-refractivity contribution in [1.29, 1.82) is 0 Å². The second kappa shape index (κ2) is 6.67. The zero-order valence-corrected chi connectivity index (χ0v) is 12.1. The first-order valence-electron chi connectivity index (χ1n) is 6.93. The maximum atomic E-state index is 13.7. The number of benzene rings is 1. The fourth-order valence-corrected chi connectivity index (χ4v) is 2.17. The molecule has 1 aromatic heterocycles. The minimum atomic E-state index is -0.629. The molecule has 0 amide bonds. The summed E-state index contributed by atoms with van der Waals surface area (Å²) in [5, 5.41) is 13.4. The summed E-state index contributed by atoms with van der Waals surface area (Å²) in [5.74, 6) is -0.915. The van der Waals surface area contributed by atoms with Crippen molar-refractivity contribution in [2.45, 2.75) is 33.2 Å². The van der Waals surface area contributed by atoms with Gasteiger partial charge in [0.2, 0.25) is 0 Å². The predicted molar refractivity (Wildman–Crippen MR) is 74.5 cm³/mol. The van der Waals surface area contributed by atoms with Crippen LogP contribution in [-0.4, -0.2) is 21.5 Å². The third-order valence-electron chi connectivity index (χ3n) is 3.16. The van der Waals surface area contributed by atoms with E-state index in [4.69, 9.17) is 9.84 Å². The molecular formula is C15H18F2N2O2. The Bertz CT molecular complexity index is 626. The number of aromatic nitrogens is 2. The fourth-order valence-electron chi connectivity index (χ4n) is 2.17. The first kappa shape index (κ1) is 15.4. The molecule has 2 aromatic rings. The number of ether oxygens (including phenoxy) is 1. The maximum Gasteiger partial charge on any atom is 0.171 e. The molecule has 114 valence electrons. The lowest BCUT2D eigenvalue weighted by atomic mass is 10.2. The lowest BCUT2D eigenvalue weighted by molar-refractivity contribution is 0.267. The average Bonchev–Trinajstić information content (AvgIpc) is 2.80. The van der Waals surface area contributed by atoms with Crippen LogP contribution in [0.1, 0.15) is 25.2 Å². The molecule has 2 rings (SSSR count). The van der Waals surface area contributed by atoms with Gasteiger partial charge in [0.25, 0.3) is 0 Å². The molecule has 0 bridgehead atoms. The number of rotatable bonds is 6. The molecule has 0 fully saturated rings. The maximum absolute atomic E-state index is 13.7. The fraction of sp³-hybridized carbons (Fsp3) is 0.400. The second-order valence-electron chi connectivity index (χ2n) is 4.55. The molecule has 0 saturated heterocycles. The Kier molecular flexibility index (Phi) is 4.90. The number of halogens is 2. The Morgan fingerprint density at radius 3 is 2.62 bits per heavy atom. The van der Waals surface area contributed by atoms with Crippen molar-refractivity contribution >= 4 is 0 Å². The Hall–Kier alpha value is -1.95. The molecule has 0 radical (unpaired) electrons. The summed E-state index contributed by atoms with van der Waals surface area (Å²) in [5.41, 5.74) is 1.41. The van der Waals surface area contributed by atoms with Gasteiger partial charge in [-0.3, -0.25) is 4.68 Å². The van der Waals surface area contributed by atoms with Gasteiger partial charge in [-0.2, -0.15) is 5.10 Å². The number of hydrogen-bond acceptors (Lipinski definition) is 3. The van der Waals surface area contributed by atoms with E-state index in [-0.39, 0.29) is 12.4 Å². The number of aliphatic hydroxyl groups excluding tert-OH is 1. The van der Waals surface area contributed by atoms with Crippen LogP contribution in [0.5, 0.6) is 11.5 Å². The zero-order valence-electron chi connectivity index (χ0n) is 12.1. The van der Waals surface area contributed by atoms with Crippen molar-refractivity contribution in [2.24, 2.45) is 0 Å². The molecule has 1 N–H and O–H groups in total. The van der Waals surface area contributed by atoms with Gasteiger partial charge in [0.15, 0.2) is 17.3 Å². The molecular weight excluding hydrogens is 278 g/mol.